The van der Waals surface area contributed by atoms with Gasteiger partial charge in [-0.3, -0.25) is 14.4 Å². The number of aromatic nitrogens is 1. The van der Waals surface area contributed by atoms with Gasteiger partial charge in [-0.2, -0.15) is 0 Å². The van der Waals surface area contributed by atoms with Crippen molar-refractivity contribution >= 4 is 40.1 Å². The Kier molecular flexibility index (Phi) is 8.20. The first kappa shape index (κ1) is 25.5. The molecule has 8 heteroatoms. The number of amides is 2. The number of hydrogen-bond acceptors (Lipinski definition) is 5. The van der Waals surface area contributed by atoms with E-state index in [0.29, 0.717) is 29.1 Å². The zero-order valence-electron chi connectivity index (χ0n) is 20.7. The number of carbonyl (C=O) groups is 3. The molecule has 0 bridgehead atoms. The molecule has 0 saturated carbocycles. The Morgan fingerprint density at radius 2 is 1.65 bits per heavy atom. The van der Waals surface area contributed by atoms with Crippen LogP contribution in [0.4, 0.5) is 11.4 Å². The average Bonchev–Trinajstić information content (AvgIpc) is 3.32. The molecule has 1 aromatic heterocycles. The summed E-state index contributed by atoms with van der Waals surface area (Å²) in [5.74, 6) is -0.624. The van der Waals surface area contributed by atoms with E-state index in [-0.39, 0.29) is 12.3 Å². The van der Waals surface area contributed by atoms with Crippen LogP contribution in [0.15, 0.2) is 79.0 Å². The fourth-order valence-electron chi connectivity index (χ4n) is 3.96. The molecule has 1 unspecified atom stereocenters. The minimum atomic E-state index is -0.950. The topological polar surface area (TPSA) is 110 Å². The van der Waals surface area contributed by atoms with Gasteiger partial charge in [0.15, 0.2) is 6.10 Å². The number of ether oxygens (including phenoxy) is 2. The van der Waals surface area contributed by atoms with Crippen molar-refractivity contribution in [1.82, 2.24) is 4.98 Å². The van der Waals surface area contributed by atoms with Gasteiger partial charge in [-0.25, -0.2) is 0 Å². The highest BCUT2D eigenvalue weighted by Gasteiger charge is 2.18. The molecule has 0 saturated heterocycles. The van der Waals surface area contributed by atoms with Gasteiger partial charge in [0.1, 0.15) is 5.75 Å². The van der Waals surface area contributed by atoms with Gasteiger partial charge < -0.3 is 25.1 Å². The number of H-pyrrole nitrogens is 1. The van der Waals surface area contributed by atoms with Crippen molar-refractivity contribution in [2.24, 2.45) is 0 Å². The van der Waals surface area contributed by atoms with Crippen molar-refractivity contribution in [3.05, 3.63) is 90.1 Å². The summed E-state index contributed by atoms with van der Waals surface area (Å²) in [6.45, 7) is 1.53. The van der Waals surface area contributed by atoms with E-state index in [4.69, 9.17) is 9.47 Å². The predicted molar refractivity (Wildman–Crippen MR) is 143 cm³/mol. The van der Waals surface area contributed by atoms with Crippen LogP contribution in [0.5, 0.6) is 5.75 Å². The molecule has 4 rings (SSSR count). The number of aryl methyl sites for hydroxylation is 1. The summed E-state index contributed by atoms with van der Waals surface area (Å²) in [6, 6.07) is 21.6. The number of aromatic amines is 1. The van der Waals surface area contributed by atoms with Crippen molar-refractivity contribution in [2.75, 3.05) is 17.7 Å². The molecule has 2 amide bonds. The summed E-state index contributed by atoms with van der Waals surface area (Å²) >= 11 is 0. The predicted octanol–water partition coefficient (Wildman–Crippen LogP) is 5.32. The van der Waals surface area contributed by atoms with Crippen LogP contribution in [0.1, 0.15) is 35.7 Å². The van der Waals surface area contributed by atoms with Crippen LogP contribution in [0.25, 0.3) is 10.9 Å². The molecule has 0 aliphatic heterocycles. The van der Waals surface area contributed by atoms with E-state index in [0.717, 1.165) is 22.9 Å². The Labute approximate surface area is 215 Å². The van der Waals surface area contributed by atoms with Gasteiger partial charge in [-0.1, -0.05) is 30.3 Å². The molecule has 0 aliphatic carbocycles. The average molecular weight is 500 g/mol. The minimum Gasteiger partial charge on any atom is -0.495 e. The maximum absolute atomic E-state index is 12.6. The fourth-order valence-corrected chi connectivity index (χ4v) is 3.96. The normalized spacial score (nSPS) is 11.5. The molecule has 0 fully saturated rings. The van der Waals surface area contributed by atoms with Crippen LogP contribution in [0.3, 0.4) is 0 Å². The second-order valence-electron chi connectivity index (χ2n) is 8.57. The Morgan fingerprint density at radius 3 is 2.43 bits per heavy atom. The highest BCUT2D eigenvalue weighted by atomic mass is 16.5. The number of para-hydroxylation sites is 3. The number of carbonyl (C=O) groups excluding carboxylic acids is 3. The number of fused-ring (bicyclic) bond motifs is 1. The SMILES string of the molecule is COc1ccccc1NC(=O)c1ccc(NC(=O)C(C)OC(=O)CCCc2c[nH]c3ccccc23)cc1. The molecular weight excluding hydrogens is 470 g/mol. The maximum Gasteiger partial charge on any atom is 0.306 e. The molecular formula is C29H29N3O5. The zero-order valence-corrected chi connectivity index (χ0v) is 20.7. The molecule has 3 aromatic carbocycles. The van der Waals surface area contributed by atoms with Gasteiger partial charge >= 0.3 is 5.97 Å². The van der Waals surface area contributed by atoms with Crippen LogP contribution in [0.2, 0.25) is 0 Å². The van der Waals surface area contributed by atoms with Crippen molar-refractivity contribution < 1.29 is 23.9 Å². The summed E-state index contributed by atoms with van der Waals surface area (Å²) in [5, 5.41) is 6.65. The molecule has 1 heterocycles. The van der Waals surface area contributed by atoms with E-state index in [2.05, 4.69) is 15.6 Å². The summed E-state index contributed by atoms with van der Waals surface area (Å²) in [5.41, 5.74) is 3.67. The minimum absolute atomic E-state index is 0.215. The quantitative estimate of drug-likeness (QED) is 0.256. The summed E-state index contributed by atoms with van der Waals surface area (Å²) < 4.78 is 10.6. The zero-order chi connectivity index (χ0) is 26.2. The molecule has 0 spiro atoms. The third-order valence-corrected chi connectivity index (χ3v) is 5.95. The number of anilines is 2. The highest BCUT2D eigenvalue weighted by molar-refractivity contribution is 6.05. The lowest BCUT2D eigenvalue weighted by atomic mass is 10.1. The summed E-state index contributed by atoms with van der Waals surface area (Å²) in [4.78, 5) is 40.5. The van der Waals surface area contributed by atoms with Gasteiger partial charge in [0.2, 0.25) is 0 Å². The van der Waals surface area contributed by atoms with E-state index < -0.39 is 18.0 Å². The van der Waals surface area contributed by atoms with E-state index in [1.807, 2.05) is 36.5 Å². The Balaban J connectivity index is 1.23. The third-order valence-electron chi connectivity index (χ3n) is 5.95. The van der Waals surface area contributed by atoms with Crippen LogP contribution >= 0.6 is 0 Å². The Bertz CT molecular complexity index is 1390. The Morgan fingerprint density at radius 1 is 0.919 bits per heavy atom. The van der Waals surface area contributed by atoms with Crippen molar-refractivity contribution in [3.63, 3.8) is 0 Å². The molecule has 8 nitrogen and oxygen atoms in total. The highest BCUT2D eigenvalue weighted by Crippen LogP contribution is 2.24. The molecule has 190 valence electrons. The first-order valence-electron chi connectivity index (χ1n) is 12.0. The fraction of sp³-hybridized carbons (Fsp3) is 0.207. The maximum atomic E-state index is 12.6. The lowest BCUT2D eigenvalue weighted by molar-refractivity contribution is -0.153. The largest absolute Gasteiger partial charge is 0.495 e. The lowest BCUT2D eigenvalue weighted by Crippen LogP contribution is -2.30. The lowest BCUT2D eigenvalue weighted by Gasteiger charge is -2.14. The van der Waals surface area contributed by atoms with Gasteiger partial charge in [0.25, 0.3) is 11.8 Å². The van der Waals surface area contributed by atoms with Gasteiger partial charge in [0.05, 0.1) is 12.8 Å². The van der Waals surface area contributed by atoms with Crippen LogP contribution in [-0.4, -0.2) is 36.0 Å². The summed E-state index contributed by atoms with van der Waals surface area (Å²) in [7, 11) is 1.53. The van der Waals surface area contributed by atoms with E-state index >= 15 is 0 Å². The van der Waals surface area contributed by atoms with Crippen molar-refractivity contribution in [3.8, 4) is 5.75 Å². The van der Waals surface area contributed by atoms with Gasteiger partial charge in [-0.15, -0.1) is 0 Å². The van der Waals surface area contributed by atoms with Crippen LogP contribution in [0, 0.1) is 0 Å². The number of benzene rings is 3. The number of esters is 1. The summed E-state index contributed by atoms with van der Waals surface area (Å²) in [6.07, 6.45) is 2.57. The second-order valence-corrected chi connectivity index (χ2v) is 8.57. The van der Waals surface area contributed by atoms with Gasteiger partial charge in [-0.05, 0) is 67.8 Å². The van der Waals surface area contributed by atoms with E-state index in [1.165, 1.54) is 14.0 Å². The van der Waals surface area contributed by atoms with Crippen LogP contribution < -0.4 is 15.4 Å². The molecule has 0 aliphatic rings. The molecule has 1 atom stereocenters. The molecule has 37 heavy (non-hydrogen) atoms. The number of rotatable bonds is 10. The number of methoxy groups -OCH3 is 1. The second kappa shape index (κ2) is 11.9. The Hall–Kier alpha value is -4.59. The van der Waals surface area contributed by atoms with Crippen molar-refractivity contribution in [2.45, 2.75) is 32.3 Å². The number of hydrogen-bond donors (Lipinski definition) is 3. The molecule has 4 aromatic rings. The van der Waals surface area contributed by atoms with E-state index in [1.54, 1.807) is 42.5 Å². The third kappa shape index (κ3) is 6.55. The van der Waals surface area contributed by atoms with Gasteiger partial charge in [0, 0.05) is 34.8 Å². The number of nitrogens with one attached hydrogen (secondary N) is 3. The molecule has 0 radical (unpaired) electrons. The first-order valence-corrected chi connectivity index (χ1v) is 12.0. The van der Waals surface area contributed by atoms with E-state index in [9.17, 15) is 14.4 Å². The first-order chi connectivity index (χ1) is 17.9. The molecule has 3 N–H and O–H groups in total. The standard InChI is InChI=1S/C29H29N3O5/c1-19(37-27(33)13-7-8-21-18-30-24-10-4-3-9-23(21)24)28(34)31-22-16-14-20(15-17-22)29(35)32-25-11-5-6-12-26(25)36-2/h3-6,9-12,14-19,30H,7-8,13H2,1-2H3,(H,31,34)(H,32,35). The smallest absolute Gasteiger partial charge is 0.306 e. The van der Waals surface area contributed by atoms with Crippen LogP contribution in [-0.2, 0) is 20.7 Å². The van der Waals surface area contributed by atoms with Crippen molar-refractivity contribution in [1.29, 1.82) is 0 Å². The monoisotopic (exact) mass is 499 g/mol.